The molecular weight excluding hydrogens is 525 g/mol. The van der Waals surface area contributed by atoms with Gasteiger partial charge in [-0.1, -0.05) is 12.1 Å². The molecule has 226 valence electrons. The van der Waals surface area contributed by atoms with Crippen LogP contribution in [-0.2, 0) is 36.5 Å². The third-order valence-electron chi connectivity index (χ3n) is 8.92. The lowest BCUT2D eigenvalue weighted by molar-refractivity contribution is -0.0334. The summed E-state index contributed by atoms with van der Waals surface area (Å²) >= 11 is 0. The second kappa shape index (κ2) is 11.1. The molecule has 41 heavy (non-hydrogen) atoms. The van der Waals surface area contributed by atoms with E-state index in [0.717, 1.165) is 22.2 Å². The van der Waals surface area contributed by atoms with Crippen LogP contribution in [0.3, 0.4) is 0 Å². The van der Waals surface area contributed by atoms with Gasteiger partial charge in [-0.15, -0.1) is 0 Å². The Balaban J connectivity index is 1.52. The highest BCUT2D eigenvalue weighted by atomic mass is 16.7. The lowest BCUT2D eigenvalue weighted by Crippen LogP contribution is -2.53. The summed E-state index contributed by atoms with van der Waals surface area (Å²) in [7, 11) is -0.544. The van der Waals surface area contributed by atoms with Crippen molar-refractivity contribution >= 4 is 24.7 Å². The summed E-state index contributed by atoms with van der Waals surface area (Å²) < 4.78 is 30.2. The topological polar surface area (TPSA) is 90.0 Å². The Morgan fingerprint density at radius 1 is 0.951 bits per heavy atom. The summed E-state index contributed by atoms with van der Waals surface area (Å²) in [6.07, 6.45) is 0.326. The number of hydrogen-bond acceptors (Lipinski definition) is 7. The molecule has 4 aliphatic rings. The molecule has 3 fully saturated rings. The number of fused-ring (bicyclic) bond motifs is 1. The minimum Gasteiger partial charge on any atom is -0.444 e. The van der Waals surface area contributed by atoms with E-state index in [1.165, 1.54) is 0 Å². The second-order valence-electron chi connectivity index (χ2n) is 13.7. The van der Waals surface area contributed by atoms with Gasteiger partial charge in [0.1, 0.15) is 5.60 Å². The molecule has 4 aliphatic heterocycles. The van der Waals surface area contributed by atoms with Crippen molar-refractivity contribution < 1.29 is 33.1 Å². The van der Waals surface area contributed by atoms with Crippen LogP contribution in [0.5, 0.6) is 0 Å². The average Bonchev–Trinajstić information content (AvgIpc) is 3.13. The van der Waals surface area contributed by atoms with Crippen molar-refractivity contribution in [3.8, 4) is 0 Å². The zero-order chi connectivity index (χ0) is 29.7. The van der Waals surface area contributed by atoms with Crippen LogP contribution in [0.1, 0.15) is 78.1 Å². The molecule has 3 saturated heterocycles. The third-order valence-corrected chi connectivity index (χ3v) is 8.92. The zero-order valence-electron chi connectivity index (χ0n) is 26.0. The van der Waals surface area contributed by atoms with Crippen LogP contribution in [0.4, 0.5) is 9.59 Å². The van der Waals surface area contributed by atoms with Crippen molar-refractivity contribution in [2.24, 2.45) is 0 Å². The van der Waals surface area contributed by atoms with E-state index in [4.69, 9.17) is 23.5 Å². The summed E-state index contributed by atoms with van der Waals surface area (Å²) in [4.78, 5) is 32.7. The number of amides is 3. The summed E-state index contributed by atoms with van der Waals surface area (Å²) in [6.45, 7) is 19.8. The number of ether oxygens (including phenoxy) is 3. The van der Waals surface area contributed by atoms with Gasteiger partial charge in [0, 0.05) is 26.2 Å². The lowest BCUT2D eigenvalue weighted by atomic mass is 9.74. The summed E-state index contributed by atoms with van der Waals surface area (Å²) in [5.41, 5.74) is 2.46. The Kier molecular flexibility index (Phi) is 8.13. The SMILES string of the molecule is C[C@H]1COCCN1C(=O)N1CCc2cc(B3OC(C)(C)C(C)(C)O3)cc([C@@H]3COCCN3C(=O)OC(C)(C)C)c2C1. The van der Waals surface area contributed by atoms with Crippen LogP contribution < -0.4 is 5.46 Å². The van der Waals surface area contributed by atoms with Crippen LogP contribution in [0.2, 0.25) is 0 Å². The number of urea groups is 1. The number of carbonyl (C=O) groups excluding carboxylic acids is 2. The van der Waals surface area contributed by atoms with Crippen molar-refractivity contribution in [3.63, 3.8) is 0 Å². The molecule has 11 heteroatoms. The van der Waals surface area contributed by atoms with E-state index in [-0.39, 0.29) is 24.2 Å². The number of hydrogen-bond donors (Lipinski definition) is 0. The molecule has 0 aromatic heterocycles. The van der Waals surface area contributed by atoms with Crippen LogP contribution >= 0.6 is 0 Å². The van der Waals surface area contributed by atoms with E-state index in [2.05, 4.69) is 12.1 Å². The van der Waals surface area contributed by atoms with Crippen LogP contribution in [-0.4, -0.2) is 103 Å². The lowest BCUT2D eigenvalue weighted by Gasteiger charge is -2.41. The molecule has 2 atom stereocenters. The molecule has 0 spiro atoms. The maximum absolute atomic E-state index is 13.7. The number of carbonyl (C=O) groups is 2. The Hall–Kier alpha value is -2.34. The normalized spacial score (nSPS) is 26.1. The molecule has 1 aromatic rings. The van der Waals surface area contributed by atoms with Crippen LogP contribution in [0.25, 0.3) is 0 Å². The molecule has 0 bridgehead atoms. The predicted molar refractivity (Wildman–Crippen MR) is 155 cm³/mol. The van der Waals surface area contributed by atoms with E-state index < -0.39 is 23.9 Å². The van der Waals surface area contributed by atoms with Crippen molar-refractivity contribution in [2.75, 3.05) is 46.1 Å². The van der Waals surface area contributed by atoms with Gasteiger partial charge < -0.3 is 33.3 Å². The third kappa shape index (κ3) is 6.09. The molecule has 0 unspecified atom stereocenters. The van der Waals surface area contributed by atoms with E-state index >= 15 is 0 Å². The number of nitrogens with zero attached hydrogens (tertiary/aromatic N) is 3. The van der Waals surface area contributed by atoms with Gasteiger partial charge in [0.25, 0.3) is 0 Å². The van der Waals surface area contributed by atoms with Gasteiger partial charge in [-0.25, -0.2) is 9.59 Å². The molecule has 0 saturated carbocycles. The smallest absolute Gasteiger partial charge is 0.444 e. The highest BCUT2D eigenvalue weighted by Gasteiger charge is 2.52. The average molecular weight is 572 g/mol. The van der Waals surface area contributed by atoms with Gasteiger partial charge in [0.05, 0.1) is 49.7 Å². The molecule has 0 aliphatic carbocycles. The molecular formula is C30H46BN3O7. The van der Waals surface area contributed by atoms with Crippen molar-refractivity contribution in [1.82, 2.24) is 14.7 Å². The predicted octanol–water partition coefficient (Wildman–Crippen LogP) is 3.49. The first-order chi connectivity index (χ1) is 19.2. The largest absolute Gasteiger partial charge is 0.494 e. The van der Waals surface area contributed by atoms with Crippen molar-refractivity contribution in [1.29, 1.82) is 0 Å². The van der Waals surface area contributed by atoms with Gasteiger partial charge in [0.15, 0.2) is 0 Å². The summed E-state index contributed by atoms with van der Waals surface area (Å²) in [5, 5.41) is 0. The highest BCUT2D eigenvalue weighted by Crippen LogP contribution is 2.38. The standard InChI is InChI=1S/C30H46BN3O7/c1-20-18-37-13-11-33(20)26(35)32-10-9-21-15-22(31-40-29(5,6)30(7,8)41-31)16-23(24(21)17-32)25-19-38-14-12-34(25)27(36)39-28(2,3)4/h15-16,20,25H,9-14,17-19H2,1-8H3/t20-,25-/m0/s1. The van der Waals surface area contributed by atoms with E-state index in [9.17, 15) is 9.59 Å². The van der Waals surface area contributed by atoms with Gasteiger partial charge in [0.2, 0.25) is 0 Å². The Labute approximate surface area is 244 Å². The second-order valence-corrected chi connectivity index (χ2v) is 13.7. The number of rotatable bonds is 2. The van der Waals surface area contributed by atoms with Crippen LogP contribution in [0.15, 0.2) is 12.1 Å². The van der Waals surface area contributed by atoms with E-state index in [1.807, 2.05) is 65.2 Å². The fraction of sp³-hybridized carbons (Fsp3) is 0.733. The fourth-order valence-electron chi connectivity index (χ4n) is 5.89. The Morgan fingerprint density at radius 3 is 2.22 bits per heavy atom. The quantitative estimate of drug-likeness (QED) is 0.502. The van der Waals surface area contributed by atoms with Crippen LogP contribution in [0, 0.1) is 0 Å². The van der Waals surface area contributed by atoms with E-state index in [1.54, 1.807) is 4.90 Å². The number of morpholine rings is 2. The summed E-state index contributed by atoms with van der Waals surface area (Å²) in [5.74, 6) is 0. The molecule has 5 rings (SSSR count). The van der Waals surface area contributed by atoms with Gasteiger partial charge >= 0.3 is 19.2 Å². The van der Waals surface area contributed by atoms with Crippen molar-refractivity contribution in [2.45, 2.75) is 97.2 Å². The first-order valence-corrected chi connectivity index (χ1v) is 14.9. The molecule has 3 amide bonds. The molecule has 10 nitrogen and oxygen atoms in total. The van der Waals surface area contributed by atoms with E-state index in [0.29, 0.717) is 59.0 Å². The first kappa shape index (κ1) is 30.1. The summed E-state index contributed by atoms with van der Waals surface area (Å²) in [6, 6.07) is 3.92. The monoisotopic (exact) mass is 571 g/mol. The molecule has 0 N–H and O–H groups in total. The maximum atomic E-state index is 13.7. The molecule has 4 heterocycles. The Morgan fingerprint density at radius 2 is 1.59 bits per heavy atom. The maximum Gasteiger partial charge on any atom is 0.494 e. The fourth-order valence-corrected chi connectivity index (χ4v) is 5.89. The van der Waals surface area contributed by atoms with Gasteiger partial charge in [-0.05, 0) is 84.0 Å². The Bertz CT molecular complexity index is 1150. The zero-order valence-corrected chi connectivity index (χ0v) is 26.0. The highest BCUT2D eigenvalue weighted by molar-refractivity contribution is 6.62. The minimum atomic E-state index is -0.623. The number of benzene rings is 1. The van der Waals surface area contributed by atoms with Crippen molar-refractivity contribution in [3.05, 3.63) is 28.8 Å². The van der Waals surface area contributed by atoms with Gasteiger partial charge in [-0.3, -0.25) is 4.90 Å². The first-order valence-electron chi connectivity index (χ1n) is 14.9. The van der Waals surface area contributed by atoms with Gasteiger partial charge in [-0.2, -0.15) is 0 Å². The minimum absolute atomic E-state index is 0.0244. The molecule has 1 aromatic carbocycles. The molecule has 0 radical (unpaired) electrons.